The molecule has 2 aromatic carbocycles. The van der Waals surface area contributed by atoms with Gasteiger partial charge in [-0.2, -0.15) is 0 Å². The van der Waals surface area contributed by atoms with Crippen molar-refractivity contribution in [1.82, 2.24) is 15.5 Å². The van der Waals surface area contributed by atoms with Crippen LogP contribution < -0.4 is 10.6 Å². The summed E-state index contributed by atoms with van der Waals surface area (Å²) in [7, 11) is 0. The van der Waals surface area contributed by atoms with Gasteiger partial charge >= 0.3 is 11.9 Å². The number of amides is 1. The first kappa shape index (κ1) is 32.0. The number of carbonyl (C=O) groups is 3. The smallest absolute Gasteiger partial charge is 0.336 e. The second-order valence-electron chi connectivity index (χ2n) is 11.6. The zero-order chi connectivity index (χ0) is 30.9. The minimum absolute atomic E-state index is 0.0726. The van der Waals surface area contributed by atoms with E-state index in [0.29, 0.717) is 24.7 Å². The zero-order valence-electron chi connectivity index (χ0n) is 25.4. The van der Waals surface area contributed by atoms with Gasteiger partial charge in [-0.3, -0.25) is 9.59 Å². The zero-order valence-corrected chi connectivity index (χ0v) is 25.4. The molecular formula is C34H43N3O6. The van der Waals surface area contributed by atoms with Crippen molar-refractivity contribution in [3.8, 4) is 0 Å². The highest BCUT2D eigenvalue weighted by Crippen LogP contribution is 2.32. The fraction of sp³-hybridized carbons (Fsp3) is 0.441. The summed E-state index contributed by atoms with van der Waals surface area (Å²) in [5, 5.41) is 17.5. The van der Waals surface area contributed by atoms with Crippen LogP contribution in [-0.2, 0) is 36.9 Å². The molecule has 0 aromatic heterocycles. The van der Waals surface area contributed by atoms with E-state index in [-0.39, 0.29) is 30.4 Å². The Morgan fingerprint density at radius 1 is 1.00 bits per heavy atom. The fourth-order valence-electron chi connectivity index (χ4n) is 5.10. The SMILES string of the molecule is CC1=C(C(=O)OCc2ccccc2)C(C)C(C(=O)N[C@@H](Cc2ccccc2)[C@H](O)CNC2CC2)=CN1CC(=O)OC(C)C. The number of hydrogen-bond acceptors (Lipinski definition) is 8. The third kappa shape index (κ3) is 9.27. The largest absolute Gasteiger partial charge is 0.462 e. The predicted molar refractivity (Wildman–Crippen MR) is 163 cm³/mol. The van der Waals surface area contributed by atoms with Gasteiger partial charge in [-0.1, -0.05) is 67.6 Å². The molecule has 230 valence electrons. The quantitative estimate of drug-likeness (QED) is 0.286. The van der Waals surface area contributed by atoms with Gasteiger partial charge in [0.05, 0.1) is 23.8 Å². The van der Waals surface area contributed by atoms with Gasteiger partial charge in [0.15, 0.2) is 0 Å². The molecule has 9 nitrogen and oxygen atoms in total. The van der Waals surface area contributed by atoms with Gasteiger partial charge in [-0.25, -0.2) is 4.79 Å². The first-order valence-corrected chi connectivity index (χ1v) is 15.0. The number of aliphatic hydroxyl groups is 1. The van der Waals surface area contributed by atoms with Crippen molar-refractivity contribution >= 4 is 17.8 Å². The molecule has 1 aliphatic heterocycles. The molecule has 1 unspecified atom stereocenters. The van der Waals surface area contributed by atoms with Crippen molar-refractivity contribution in [3.63, 3.8) is 0 Å². The molecule has 1 amide bonds. The van der Waals surface area contributed by atoms with Crippen molar-refractivity contribution in [2.24, 2.45) is 5.92 Å². The topological polar surface area (TPSA) is 117 Å². The lowest BCUT2D eigenvalue weighted by molar-refractivity contribution is -0.148. The molecule has 0 saturated heterocycles. The van der Waals surface area contributed by atoms with Crippen molar-refractivity contribution in [2.75, 3.05) is 13.1 Å². The van der Waals surface area contributed by atoms with Gasteiger partial charge in [-0.15, -0.1) is 0 Å². The molecule has 2 aliphatic rings. The number of aliphatic hydroxyl groups excluding tert-OH is 1. The normalized spacial score (nSPS) is 18.1. The summed E-state index contributed by atoms with van der Waals surface area (Å²) in [6.07, 6.45) is 3.03. The van der Waals surface area contributed by atoms with Crippen LogP contribution in [0, 0.1) is 5.92 Å². The second kappa shape index (κ2) is 15.0. The number of hydrogen-bond donors (Lipinski definition) is 3. The summed E-state index contributed by atoms with van der Waals surface area (Å²) in [5.41, 5.74) is 2.90. The maximum atomic E-state index is 13.9. The monoisotopic (exact) mass is 589 g/mol. The molecule has 0 radical (unpaired) electrons. The molecule has 0 bridgehead atoms. The maximum absolute atomic E-state index is 13.9. The highest BCUT2D eigenvalue weighted by molar-refractivity contribution is 5.99. The Kier molecular flexibility index (Phi) is 11.1. The Morgan fingerprint density at radius 2 is 1.63 bits per heavy atom. The van der Waals surface area contributed by atoms with E-state index < -0.39 is 35.9 Å². The van der Waals surface area contributed by atoms with Crippen LogP contribution in [0.3, 0.4) is 0 Å². The molecule has 1 aliphatic carbocycles. The van der Waals surface area contributed by atoms with E-state index in [4.69, 9.17) is 9.47 Å². The van der Waals surface area contributed by atoms with Crippen molar-refractivity contribution in [1.29, 1.82) is 0 Å². The maximum Gasteiger partial charge on any atom is 0.336 e. The molecule has 4 rings (SSSR count). The Morgan fingerprint density at radius 3 is 2.23 bits per heavy atom. The Bertz CT molecular complexity index is 1320. The van der Waals surface area contributed by atoms with Crippen LogP contribution in [0.4, 0.5) is 0 Å². The Hall–Kier alpha value is -3.95. The van der Waals surface area contributed by atoms with Crippen LogP contribution in [0.1, 0.15) is 51.7 Å². The minimum atomic E-state index is -0.839. The second-order valence-corrected chi connectivity index (χ2v) is 11.6. The molecule has 9 heteroatoms. The van der Waals surface area contributed by atoms with Gasteiger partial charge in [0.1, 0.15) is 13.2 Å². The number of nitrogens with one attached hydrogen (secondary N) is 2. The fourth-order valence-corrected chi connectivity index (χ4v) is 5.10. The van der Waals surface area contributed by atoms with Crippen LogP contribution in [0.5, 0.6) is 0 Å². The van der Waals surface area contributed by atoms with E-state index in [9.17, 15) is 19.5 Å². The first-order chi connectivity index (χ1) is 20.6. The van der Waals surface area contributed by atoms with Gasteiger partial charge in [0.2, 0.25) is 5.91 Å². The number of rotatable bonds is 14. The van der Waals surface area contributed by atoms with Gasteiger partial charge in [0.25, 0.3) is 0 Å². The number of allylic oxidation sites excluding steroid dienone is 1. The van der Waals surface area contributed by atoms with Crippen LogP contribution in [0.25, 0.3) is 0 Å². The molecule has 43 heavy (non-hydrogen) atoms. The molecule has 1 fully saturated rings. The van der Waals surface area contributed by atoms with Crippen molar-refractivity contribution in [3.05, 3.63) is 94.8 Å². The lowest BCUT2D eigenvalue weighted by atomic mass is 9.87. The summed E-state index contributed by atoms with van der Waals surface area (Å²) in [5.74, 6) is -2.11. The summed E-state index contributed by atoms with van der Waals surface area (Å²) < 4.78 is 11.0. The Balaban J connectivity index is 1.57. The molecular weight excluding hydrogens is 546 g/mol. The van der Waals surface area contributed by atoms with Gasteiger partial charge in [0, 0.05) is 36.0 Å². The number of carbonyl (C=O) groups excluding carboxylic acids is 3. The van der Waals surface area contributed by atoms with E-state index >= 15 is 0 Å². The van der Waals surface area contributed by atoms with E-state index in [1.54, 1.807) is 38.8 Å². The minimum Gasteiger partial charge on any atom is -0.462 e. The molecule has 1 heterocycles. The lowest BCUT2D eigenvalue weighted by Crippen LogP contribution is -2.50. The van der Waals surface area contributed by atoms with E-state index in [0.717, 1.165) is 24.0 Å². The summed E-state index contributed by atoms with van der Waals surface area (Å²) in [6, 6.07) is 18.8. The molecule has 1 saturated carbocycles. The third-order valence-electron chi connectivity index (χ3n) is 7.65. The van der Waals surface area contributed by atoms with Crippen LogP contribution in [-0.4, -0.2) is 65.2 Å². The first-order valence-electron chi connectivity index (χ1n) is 15.0. The average Bonchev–Trinajstić information content (AvgIpc) is 3.81. The third-order valence-corrected chi connectivity index (χ3v) is 7.65. The van der Waals surface area contributed by atoms with Crippen molar-refractivity contribution in [2.45, 2.75) is 77.9 Å². The standard InChI is InChI=1S/C34H43N3O6/c1-22(2)43-31(39)20-37-19-28(23(3)32(24(37)4)34(41)42-21-26-13-9-6-10-14-26)33(40)36-29(17-25-11-7-5-8-12-25)30(38)18-35-27-15-16-27/h5-14,19,22-23,27,29-30,35,38H,15-18,20-21H2,1-4H3,(H,36,40)/t23?,29-,30+/m0/s1. The molecule has 3 N–H and O–H groups in total. The highest BCUT2D eigenvalue weighted by Gasteiger charge is 2.36. The number of esters is 2. The summed E-state index contributed by atoms with van der Waals surface area (Å²) >= 11 is 0. The summed E-state index contributed by atoms with van der Waals surface area (Å²) in [6.45, 7) is 7.27. The van der Waals surface area contributed by atoms with Crippen LogP contribution in [0.2, 0.25) is 0 Å². The number of benzene rings is 2. The highest BCUT2D eigenvalue weighted by atomic mass is 16.5. The Labute approximate surface area is 253 Å². The summed E-state index contributed by atoms with van der Waals surface area (Å²) in [4.78, 5) is 41.6. The molecule has 3 atom stereocenters. The van der Waals surface area contributed by atoms with Gasteiger partial charge in [-0.05, 0) is 51.2 Å². The van der Waals surface area contributed by atoms with Crippen LogP contribution >= 0.6 is 0 Å². The van der Waals surface area contributed by atoms with E-state index in [1.165, 1.54) is 0 Å². The lowest BCUT2D eigenvalue weighted by Gasteiger charge is -2.33. The van der Waals surface area contributed by atoms with E-state index in [2.05, 4.69) is 10.6 Å². The molecule has 2 aromatic rings. The van der Waals surface area contributed by atoms with Gasteiger partial charge < -0.3 is 30.1 Å². The molecule has 0 spiro atoms. The number of nitrogens with zero attached hydrogens (tertiary/aromatic N) is 1. The van der Waals surface area contributed by atoms with E-state index in [1.807, 2.05) is 60.7 Å². The number of ether oxygens (including phenoxy) is 2. The predicted octanol–water partition coefficient (Wildman–Crippen LogP) is 3.63. The van der Waals surface area contributed by atoms with Crippen LogP contribution in [0.15, 0.2) is 83.7 Å². The average molecular weight is 590 g/mol. The van der Waals surface area contributed by atoms with Crippen molar-refractivity contribution < 1.29 is 29.0 Å².